The highest BCUT2D eigenvalue weighted by atomic mass is 32.1. The minimum Gasteiger partial charge on any atom is -0.356 e. The first-order valence-electron chi connectivity index (χ1n) is 7.24. The predicted molar refractivity (Wildman–Crippen MR) is 91.4 cm³/mol. The van der Waals surface area contributed by atoms with Gasteiger partial charge in [0, 0.05) is 31.4 Å². The molecule has 0 radical (unpaired) electrons. The van der Waals surface area contributed by atoms with Crippen molar-refractivity contribution in [3.05, 3.63) is 59.4 Å². The van der Waals surface area contributed by atoms with Gasteiger partial charge in [-0.05, 0) is 12.0 Å². The van der Waals surface area contributed by atoms with Crippen LogP contribution in [0.4, 0.5) is 0 Å². The fourth-order valence-corrected chi connectivity index (χ4v) is 2.95. The molecule has 0 unspecified atom stereocenters. The molecular formula is C16H19N5S. The second-order valence-corrected chi connectivity index (χ2v) is 5.79. The van der Waals surface area contributed by atoms with Crippen molar-refractivity contribution < 1.29 is 0 Å². The minimum atomic E-state index is 0.666. The number of hydrogen-bond acceptors (Lipinski definition) is 3. The molecule has 0 amide bonds. The Bertz CT molecular complexity index is 716. The van der Waals surface area contributed by atoms with Gasteiger partial charge in [0.1, 0.15) is 0 Å². The number of fused-ring (bicyclic) bond motifs is 1. The fraction of sp³-hybridized carbons (Fsp3) is 0.250. The van der Waals surface area contributed by atoms with Crippen molar-refractivity contribution in [3.63, 3.8) is 0 Å². The molecular weight excluding hydrogens is 294 g/mol. The second-order valence-electron chi connectivity index (χ2n) is 4.91. The third kappa shape index (κ3) is 3.65. The van der Waals surface area contributed by atoms with E-state index >= 15 is 0 Å². The summed E-state index contributed by atoms with van der Waals surface area (Å²) in [7, 11) is 1.78. The normalized spacial score (nSPS) is 11.8. The van der Waals surface area contributed by atoms with Crippen LogP contribution in [0.15, 0.2) is 53.1 Å². The van der Waals surface area contributed by atoms with Gasteiger partial charge in [0.25, 0.3) is 0 Å². The number of aliphatic imine (C=N–C) groups is 1. The van der Waals surface area contributed by atoms with Gasteiger partial charge in [0.15, 0.2) is 10.9 Å². The van der Waals surface area contributed by atoms with E-state index in [9.17, 15) is 0 Å². The summed E-state index contributed by atoms with van der Waals surface area (Å²) in [6, 6.07) is 10.4. The molecule has 3 aromatic rings. The van der Waals surface area contributed by atoms with Crippen LogP contribution in [0.1, 0.15) is 11.3 Å². The Morgan fingerprint density at radius 1 is 1.27 bits per heavy atom. The molecule has 0 aliphatic rings. The fourth-order valence-electron chi connectivity index (χ4n) is 2.23. The van der Waals surface area contributed by atoms with Gasteiger partial charge in [-0.2, -0.15) is 0 Å². The van der Waals surface area contributed by atoms with Crippen molar-refractivity contribution in [2.75, 3.05) is 13.6 Å². The first-order chi connectivity index (χ1) is 10.8. The van der Waals surface area contributed by atoms with Crippen molar-refractivity contribution in [2.45, 2.75) is 13.0 Å². The quantitative estimate of drug-likeness (QED) is 0.561. The van der Waals surface area contributed by atoms with E-state index in [0.717, 1.165) is 29.6 Å². The average molecular weight is 313 g/mol. The molecule has 1 aromatic carbocycles. The average Bonchev–Trinajstić information content (AvgIpc) is 3.13. The largest absolute Gasteiger partial charge is 0.356 e. The van der Waals surface area contributed by atoms with Gasteiger partial charge < -0.3 is 10.6 Å². The van der Waals surface area contributed by atoms with E-state index < -0.39 is 0 Å². The Balaban J connectivity index is 1.46. The number of imidazole rings is 1. The number of hydrogen-bond donors (Lipinski definition) is 2. The summed E-state index contributed by atoms with van der Waals surface area (Å²) in [5.41, 5.74) is 2.33. The van der Waals surface area contributed by atoms with E-state index in [-0.39, 0.29) is 0 Å². The Morgan fingerprint density at radius 2 is 2.14 bits per heavy atom. The molecule has 0 fully saturated rings. The maximum absolute atomic E-state index is 4.54. The van der Waals surface area contributed by atoms with Gasteiger partial charge >= 0.3 is 0 Å². The summed E-state index contributed by atoms with van der Waals surface area (Å²) in [4.78, 5) is 9.80. The van der Waals surface area contributed by atoms with E-state index in [1.165, 1.54) is 5.56 Å². The highest BCUT2D eigenvalue weighted by Crippen LogP contribution is 2.10. The van der Waals surface area contributed by atoms with Gasteiger partial charge in [-0.25, -0.2) is 4.98 Å². The van der Waals surface area contributed by atoms with Crippen LogP contribution < -0.4 is 10.6 Å². The number of aromatic nitrogens is 2. The lowest BCUT2D eigenvalue weighted by molar-refractivity contribution is 0.786. The molecule has 0 bridgehead atoms. The second kappa shape index (κ2) is 7.09. The zero-order valence-electron chi connectivity index (χ0n) is 12.5. The molecule has 0 saturated carbocycles. The van der Waals surface area contributed by atoms with Crippen molar-refractivity contribution in [1.29, 1.82) is 0 Å². The third-order valence-electron chi connectivity index (χ3n) is 3.35. The molecule has 0 saturated heterocycles. The van der Waals surface area contributed by atoms with Crippen LogP contribution in [-0.2, 0) is 13.0 Å². The molecule has 0 aliphatic heterocycles. The van der Waals surface area contributed by atoms with Gasteiger partial charge in [-0.15, -0.1) is 11.3 Å². The van der Waals surface area contributed by atoms with Crippen molar-refractivity contribution in [2.24, 2.45) is 4.99 Å². The Kier molecular flexibility index (Phi) is 4.70. The zero-order chi connectivity index (χ0) is 15.2. The van der Waals surface area contributed by atoms with Crippen molar-refractivity contribution in [3.8, 4) is 0 Å². The molecule has 2 heterocycles. The van der Waals surface area contributed by atoms with Crippen molar-refractivity contribution >= 4 is 22.3 Å². The van der Waals surface area contributed by atoms with E-state index in [0.29, 0.717) is 6.54 Å². The van der Waals surface area contributed by atoms with Gasteiger partial charge in [0.2, 0.25) is 0 Å². The number of guanidine groups is 1. The first kappa shape index (κ1) is 14.6. The smallest absolute Gasteiger partial charge is 0.193 e. The summed E-state index contributed by atoms with van der Waals surface area (Å²) in [5, 5.41) is 8.64. The molecule has 22 heavy (non-hydrogen) atoms. The van der Waals surface area contributed by atoms with Crippen LogP contribution >= 0.6 is 11.3 Å². The third-order valence-corrected chi connectivity index (χ3v) is 4.12. The van der Waals surface area contributed by atoms with E-state index in [4.69, 9.17) is 0 Å². The molecule has 2 N–H and O–H groups in total. The summed E-state index contributed by atoms with van der Waals surface area (Å²) < 4.78 is 2.03. The van der Waals surface area contributed by atoms with Crippen molar-refractivity contribution in [1.82, 2.24) is 20.0 Å². The van der Waals surface area contributed by atoms with Crippen LogP contribution in [0.5, 0.6) is 0 Å². The molecule has 0 atom stereocenters. The number of rotatable bonds is 5. The van der Waals surface area contributed by atoms with Crippen LogP contribution in [0, 0.1) is 0 Å². The monoisotopic (exact) mass is 313 g/mol. The number of benzene rings is 1. The SMILES string of the molecule is CN=C(NCCc1ccccc1)NCc1cn2ccsc2n1. The molecule has 0 spiro atoms. The maximum Gasteiger partial charge on any atom is 0.193 e. The predicted octanol–water partition coefficient (Wildman–Crippen LogP) is 2.30. The highest BCUT2D eigenvalue weighted by molar-refractivity contribution is 7.15. The summed E-state index contributed by atoms with van der Waals surface area (Å²) >= 11 is 1.64. The molecule has 0 aliphatic carbocycles. The molecule has 6 heteroatoms. The Hall–Kier alpha value is -2.34. The standard InChI is InChI=1S/C16H19N5S/c1-17-15(18-8-7-13-5-3-2-4-6-13)19-11-14-12-21-9-10-22-16(21)20-14/h2-6,9-10,12H,7-8,11H2,1H3,(H2,17,18,19). The number of nitrogens with one attached hydrogen (secondary N) is 2. The molecule has 5 nitrogen and oxygen atoms in total. The van der Waals surface area contributed by atoms with E-state index in [1.807, 2.05) is 28.2 Å². The Labute approximate surface area is 133 Å². The van der Waals surface area contributed by atoms with Gasteiger partial charge in [-0.1, -0.05) is 30.3 Å². The van der Waals surface area contributed by atoms with Crippen LogP contribution in [0.2, 0.25) is 0 Å². The first-order valence-corrected chi connectivity index (χ1v) is 8.12. The van der Waals surface area contributed by atoms with Crippen LogP contribution in [0.3, 0.4) is 0 Å². The highest BCUT2D eigenvalue weighted by Gasteiger charge is 2.03. The molecule has 2 aromatic heterocycles. The van der Waals surface area contributed by atoms with Crippen LogP contribution in [-0.4, -0.2) is 28.9 Å². The zero-order valence-corrected chi connectivity index (χ0v) is 13.3. The van der Waals surface area contributed by atoms with Crippen LogP contribution in [0.25, 0.3) is 4.96 Å². The van der Waals surface area contributed by atoms with E-state index in [1.54, 1.807) is 18.4 Å². The maximum atomic E-state index is 4.54. The number of thiazole rings is 1. The topological polar surface area (TPSA) is 53.7 Å². The number of nitrogens with zero attached hydrogens (tertiary/aromatic N) is 3. The van der Waals surface area contributed by atoms with Gasteiger partial charge in [0.05, 0.1) is 12.2 Å². The Morgan fingerprint density at radius 3 is 2.91 bits per heavy atom. The lowest BCUT2D eigenvalue weighted by atomic mass is 10.1. The molecule has 114 valence electrons. The van der Waals surface area contributed by atoms with E-state index in [2.05, 4.69) is 44.9 Å². The minimum absolute atomic E-state index is 0.666. The lowest BCUT2D eigenvalue weighted by Gasteiger charge is -2.10. The summed E-state index contributed by atoms with van der Waals surface area (Å²) in [5.74, 6) is 0.798. The summed E-state index contributed by atoms with van der Waals surface area (Å²) in [6.07, 6.45) is 5.03. The van der Waals surface area contributed by atoms with Gasteiger partial charge in [-0.3, -0.25) is 9.39 Å². The lowest BCUT2D eigenvalue weighted by Crippen LogP contribution is -2.37. The molecule has 3 rings (SSSR count). The summed E-state index contributed by atoms with van der Waals surface area (Å²) in [6.45, 7) is 1.52.